The van der Waals surface area contributed by atoms with E-state index in [2.05, 4.69) is 50.0 Å². The second kappa shape index (κ2) is 16.8. The Morgan fingerprint density at radius 2 is 1.48 bits per heavy atom. The number of amides is 1. The highest BCUT2D eigenvalue weighted by molar-refractivity contribution is 5.92. The maximum absolute atomic E-state index is 12.0. The average molecular weight is 404 g/mol. The predicted octanol–water partition coefficient (Wildman–Crippen LogP) is 6.33. The molecule has 1 amide bonds. The van der Waals surface area contributed by atoms with Gasteiger partial charge >= 0.3 is 5.97 Å². The van der Waals surface area contributed by atoms with Crippen LogP contribution in [-0.2, 0) is 14.3 Å². The van der Waals surface area contributed by atoms with E-state index in [1.807, 2.05) is 6.92 Å². The van der Waals surface area contributed by atoms with Crippen LogP contribution in [0.2, 0.25) is 0 Å². The minimum Gasteiger partial charge on any atom is -0.446 e. The molecule has 0 aliphatic rings. The van der Waals surface area contributed by atoms with Gasteiger partial charge in [0.25, 0.3) is 5.91 Å². The molecule has 0 spiro atoms. The lowest BCUT2D eigenvalue weighted by molar-refractivity contribution is -0.165. The SMILES string of the molecule is C=C(C)C(=O)OC(CCC)(CCCCCC/C=C\C/C=C\C/C=C\CC)C(N)=O. The van der Waals surface area contributed by atoms with Crippen LogP contribution in [0.1, 0.15) is 91.4 Å². The average Bonchev–Trinajstić information content (AvgIpc) is 2.67. The number of unbranched alkanes of at least 4 members (excludes halogenated alkanes) is 4. The summed E-state index contributed by atoms with van der Waals surface area (Å²) in [6.45, 7) is 9.26. The van der Waals surface area contributed by atoms with Crippen molar-refractivity contribution >= 4 is 11.9 Å². The summed E-state index contributed by atoms with van der Waals surface area (Å²) in [7, 11) is 0. The predicted molar refractivity (Wildman–Crippen MR) is 122 cm³/mol. The Hall–Kier alpha value is -2.10. The zero-order chi connectivity index (χ0) is 22.0. The number of hydrogen-bond acceptors (Lipinski definition) is 3. The lowest BCUT2D eigenvalue weighted by Crippen LogP contribution is -2.47. The van der Waals surface area contributed by atoms with Gasteiger partial charge in [-0.05, 0) is 58.3 Å². The first-order chi connectivity index (χ1) is 13.9. The van der Waals surface area contributed by atoms with Gasteiger partial charge < -0.3 is 10.5 Å². The van der Waals surface area contributed by atoms with E-state index >= 15 is 0 Å². The quantitative estimate of drug-likeness (QED) is 0.133. The highest BCUT2D eigenvalue weighted by atomic mass is 16.6. The van der Waals surface area contributed by atoms with Crippen molar-refractivity contribution in [2.45, 2.75) is 97.0 Å². The molecule has 0 radical (unpaired) electrons. The molecule has 0 aromatic heterocycles. The van der Waals surface area contributed by atoms with E-state index in [1.165, 1.54) is 0 Å². The Morgan fingerprint density at radius 1 is 0.897 bits per heavy atom. The number of carbonyl (C=O) groups excluding carboxylic acids is 2. The lowest BCUT2D eigenvalue weighted by atomic mass is 9.90. The van der Waals surface area contributed by atoms with Crippen molar-refractivity contribution in [2.24, 2.45) is 5.73 Å². The molecule has 164 valence electrons. The summed E-state index contributed by atoms with van der Waals surface area (Å²) in [6, 6.07) is 0. The molecule has 4 heteroatoms. The Bertz CT molecular complexity index is 575. The molecule has 29 heavy (non-hydrogen) atoms. The topological polar surface area (TPSA) is 69.4 Å². The maximum atomic E-state index is 12.0. The van der Waals surface area contributed by atoms with Crippen molar-refractivity contribution in [2.75, 3.05) is 0 Å². The third-order valence-corrected chi connectivity index (χ3v) is 4.72. The normalized spacial score (nSPS) is 13.9. The number of primary amides is 1. The van der Waals surface area contributed by atoms with Gasteiger partial charge in [-0.1, -0.05) is 76.1 Å². The molecule has 0 saturated carbocycles. The fourth-order valence-electron chi connectivity index (χ4n) is 3.05. The van der Waals surface area contributed by atoms with Gasteiger partial charge in [0.15, 0.2) is 5.60 Å². The van der Waals surface area contributed by atoms with Crippen LogP contribution in [0.25, 0.3) is 0 Å². The molecule has 1 atom stereocenters. The van der Waals surface area contributed by atoms with Crippen molar-refractivity contribution in [3.8, 4) is 0 Å². The largest absolute Gasteiger partial charge is 0.446 e. The highest BCUT2D eigenvalue weighted by Crippen LogP contribution is 2.27. The first-order valence-corrected chi connectivity index (χ1v) is 11.0. The lowest BCUT2D eigenvalue weighted by Gasteiger charge is -2.30. The summed E-state index contributed by atoms with van der Waals surface area (Å²) < 4.78 is 5.48. The number of allylic oxidation sites excluding steroid dienone is 6. The van der Waals surface area contributed by atoms with E-state index < -0.39 is 17.5 Å². The van der Waals surface area contributed by atoms with E-state index in [1.54, 1.807) is 6.92 Å². The fraction of sp³-hybridized carbons (Fsp3) is 0.600. The molecule has 0 rings (SSSR count). The van der Waals surface area contributed by atoms with E-state index in [0.717, 1.165) is 57.8 Å². The number of rotatable bonds is 17. The van der Waals surface area contributed by atoms with Gasteiger partial charge in [-0.2, -0.15) is 0 Å². The molecule has 0 bridgehead atoms. The minimum absolute atomic E-state index is 0.283. The van der Waals surface area contributed by atoms with Crippen LogP contribution in [-0.4, -0.2) is 17.5 Å². The van der Waals surface area contributed by atoms with Crippen LogP contribution in [0.5, 0.6) is 0 Å². The van der Waals surface area contributed by atoms with Gasteiger partial charge in [-0.15, -0.1) is 0 Å². The molecule has 1 unspecified atom stereocenters. The van der Waals surface area contributed by atoms with Crippen molar-refractivity contribution in [1.29, 1.82) is 0 Å². The van der Waals surface area contributed by atoms with Gasteiger partial charge in [0.1, 0.15) is 0 Å². The van der Waals surface area contributed by atoms with Crippen LogP contribution >= 0.6 is 0 Å². The van der Waals surface area contributed by atoms with E-state index in [4.69, 9.17) is 10.5 Å². The minimum atomic E-state index is -1.21. The second-order valence-electron chi connectivity index (χ2n) is 7.53. The number of hydrogen-bond donors (Lipinski definition) is 1. The Morgan fingerprint density at radius 3 is 2.03 bits per heavy atom. The van der Waals surface area contributed by atoms with Gasteiger partial charge in [-0.25, -0.2) is 4.79 Å². The van der Waals surface area contributed by atoms with Crippen LogP contribution in [0.3, 0.4) is 0 Å². The highest BCUT2D eigenvalue weighted by Gasteiger charge is 2.39. The first-order valence-electron chi connectivity index (χ1n) is 11.0. The van der Waals surface area contributed by atoms with Crippen molar-refractivity contribution in [3.63, 3.8) is 0 Å². The zero-order valence-electron chi connectivity index (χ0n) is 18.8. The molecule has 0 aliphatic heterocycles. The Kier molecular flexibility index (Phi) is 15.6. The summed E-state index contributed by atoms with van der Waals surface area (Å²) in [5.74, 6) is -1.10. The molecule has 0 aromatic carbocycles. The van der Waals surface area contributed by atoms with Gasteiger partial charge in [0, 0.05) is 5.57 Å². The summed E-state index contributed by atoms with van der Waals surface area (Å²) >= 11 is 0. The van der Waals surface area contributed by atoms with Crippen molar-refractivity contribution in [3.05, 3.63) is 48.6 Å². The molecule has 0 fully saturated rings. The summed E-state index contributed by atoms with van der Waals surface area (Å²) in [5.41, 5.74) is 4.67. The van der Waals surface area contributed by atoms with Crippen LogP contribution in [0, 0.1) is 0 Å². The summed E-state index contributed by atoms with van der Waals surface area (Å²) in [5, 5.41) is 0. The van der Waals surface area contributed by atoms with Crippen molar-refractivity contribution < 1.29 is 14.3 Å². The molecule has 0 saturated heterocycles. The van der Waals surface area contributed by atoms with Gasteiger partial charge in [-0.3, -0.25) is 4.79 Å². The molecule has 2 N–H and O–H groups in total. The number of esters is 1. The maximum Gasteiger partial charge on any atom is 0.334 e. The monoisotopic (exact) mass is 403 g/mol. The van der Waals surface area contributed by atoms with Gasteiger partial charge in [0.05, 0.1) is 0 Å². The number of ether oxygens (including phenoxy) is 1. The molecule has 0 aromatic rings. The van der Waals surface area contributed by atoms with Crippen LogP contribution in [0.4, 0.5) is 0 Å². The third-order valence-electron chi connectivity index (χ3n) is 4.72. The third kappa shape index (κ3) is 12.9. The number of nitrogens with two attached hydrogens (primary N) is 1. The fourth-order valence-corrected chi connectivity index (χ4v) is 3.05. The van der Waals surface area contributed by atoms with E-state index in [9.17, 15) is 9.59 Å². The molecular formula is C25H41NO3. The molecule has 4 nitrogen and oxygen atoms in total. The van der Waals surface area contributed by atoms with E-state index in [0.29, 0.717) is 12.8 Å². The molecule has 0 aliphatic carbocycles. The Labute approximate surface area is 178 Å². The summed E-state index contributed by atoms with van der Waals surface area (Å²) in [4.78, 5) is 24.0. The molecule has 0 heterocycles. The van der Waals surface area contributed by atoms with Crippen LogP contribution in [0.15, 0.2) is 48.6 Å². The van der Waals surface area contributed by atoms with E-state index in [-0.39, 0.29) is 5.57 Å². The smallest absolute Gasteiger partial charge is 0.334 e. The zero-order valence-corrected chi connectivity index (χ0v) is 18.8. The van der Waals surface area contributed by atoms with Crippen molar-refractivity contribution in [1.82, 2.24) is 0 Å². The summed E-state index contributed by atoms with van der Waals surface area (Å²) in [6.07, 6.45) is 23.0. The van der Waals surface area contributed by atoms with Crippen LogP contribution < -0.4 is 5.73 Å². The van der Waals surface area contributed by atoms with Gasteiger partial charge in [0.2, 0.25) is 0 Å². The standard InChI is InChI=1S/C25H41NO3/c1-5-7-8-9-10-11-12-13-14-15-16-17-18-19-21-25(20-6-2,24(26)28)29-23(27)22(3)4/h7-8,10-11,13-14H,3,5-6,9,12,15-21H2,1-2,4H3,(H2,26,28)/b8-7-,11-10-,14-13-. The molecular weight excluding hydrogens is 362 g/mol. The second-order valence-corrected chi connectivity index (χ2v) is 7.53. The Balaban J connectivity index is 4.16. The first kappa shape index (κ1) is 26.9. The number of carbonyl (C=O) groups is 2.